The summed E-state index contributed by atoms with van der Waals surface area (Å²) in [5.74, 6) is 0.424. The summed E-state index contributed by atoms with van der Waals surface area (Å²) in [5.41, 5.74) is 7.26. The van der Waals surface area contributed by atoms with E-state index >= 15 is 0 Å². The Labute approximate surface area is 85.0 Å². The molecule has 3 heteroatoms. The molecule has 0 saturated heterocycles. The number of aromatic nitrogens is 1. The molecular formula is C11H18N2O. The van der Waals surface area contributed by atoms with E-state index in [4.69, 9.17) is 5.73 Å². The van der Waals surface area contributed by atoms with E-state index in [1.165, 1.54) is 0 Å². The lowest BCUT2D eigenvalue weighted by Crippen LogP contribution is -2.20. The van der Waals surface area contributed by atoms with Crippen LogP contribution in [-0.4, -0.2) is 10.1 Å². The summed E-state index contributed by atoms with van der Waals surface area (Å²) in [5, 5.41) is 10.1. The minimum absolute atomic E-state index is 0.220. The molecule has 0 saturated carbocycles. The molecule has 0 aromatic carbocycles. The molecular weight excluding hydrogens is 176 g/mol. The van der Waals surface area contributed by atoms with Gasteiger partial charge in [-0.05, 0) is 24.0 Å². The van der Waals surface area contributed by atoms with Crippen LogP contribution in [0.3, 0.4) is 0 Å². The van der Waals surface area contributed by atoms with Crippen molar-refractivity contribution in [3.05, 3.63) is 23.4 Å². The van der Waals surface area contributed by atoms with Crippen LogP contribution in [0.4, 0.5) is 5.82 Å². The Balaban J connectivity index is 3.19. The second kappa shape index (κ2) is 3.58. The molecule has 1 rings (SSSR count). The molecule has 0 aliphatic rings. The Kier molecular flexibility index (Phi) is 2.81. The van der Waals surface area contributed by atoms with Gasteiger partial charge in [-0.2, -0.15) is 0 Å². The van der Waals surface area contributed by atoms with Crippen LogP contribution in [-0.2, 0) is 0 Å². The quantitative estimate of drug-likeness (QED) is 0.719. The van der Waals surface area contributed by atoms with Crippen molar-refractivity contribution in [1.29, 1.82) is 0 Å². The van der Waals surface area contributed by atoms with Crippen molar-refractivity contribution in [1.82, 2.24) is 4.98 Å². The summed E-state index contributed by atoms with van der Waals surface area (Å²) in [7, 11) is 0. The topological polar surface area (TPSA) is 59.1 Å². The molecule has 78 valence electrons. The Bertz CT molecular complexity index is 308. The second-order valence-electron chi connectivity index (χ2n) is 4.70. The zero-order valence-electron chi connectivity index (χ0n) is 9.20. The predicted octanol–water partition coefficient (Wildman–Crippen LogP) is 2.05. The van der Waals surface area contributed by atoms with Crippen LogP contribution in [0.25, 0.3) is 0 Å². The van der Waals surface area contributed by atoms with Crippen LogP contribution in [0.2, 0.25) is 0 Å². The largest absolute Gasteiger partial charge is 0.388 e. The zero-order chi connectivity index (χ0) is 10.9. The van der Waals surface area contributed by atoms with Gasteiger partial charge in [-0.1, -0.05) is 20.8 Å². The molecule has 0 aliphatic heterocycles. The number of hydrogen-bond acceptors (Lipinski definition) is 3. The molecule has 0 amide bonds. The fraction of sp³-hybridized carbons (Fsp3) is 0.545. The van der Waals surface area contributed by atoms with Crippen molar-refractivity contribution in [2.45, 2.75) is 33.8 Å². The Morgan fingerprint density at radius 1 is 1.43 bits per heavy atom. The summed E-state index contributed by atoms with van der Waals surface area (Å²) in [6.45, 7) is 7.86. The van der Waals surface area contributed by atoms with E-state index in [9.17, 15) is 5.11 Å². The van der Waals surface area contributed by atoms with Crippen molar-refractivity contribution in [2.75, 3.05) is 5.73 Å². The molecule has 0 spiro atoms. The van der Waals surface area contributed by atoms with Crippen LogP contribution in [0.15, 0.2) is 12.3 Å². The molecule has 1 atom stereocenters. The number of rotatable bonds is 1. The van der Waals surface area contributed by atoms with E-state index in [2.05, 4.69) is 4.98 Å². The first kappa shape index (κ1) is 11.0. The van der Waals surface area contributed by atoms with Gasteiger partial charge in [0.2, 0.25) is 0 Å². The number of aryl methyl sites for hydroxylation is 1. The Morgan fingerprint density at radius 2 is 2.00 bits per heavy atom. The van der Waals surface area contributed by atoms with Gasteiger partial charge in [0, 0.05) is 11.8 Å². The van der Waals surface area contributed by atoms with Gasteiger partial charge in [-0.15, -0.1) is 0 Å². The first-order chi connectivity index (χ1) is 6.34. The Hall–Kier alpha value is -1.09. The van der Waals surface area contributed by atoms with Crippen LogP contribution >= 0.6 is 0 Å². The smallest absolute Gasteiger partial charge is 0.129 e. The van der Waals surface area contributed by atoms with E-state index in [1.807, 2.05) is 33.8 Å². The SMILES string of the molecule is Cc1ccnc(N)c1C(O)C(C)(C)C. The maximum Gasteiger partial charge on any atom is 0.129 e. The van der Waals surface area contributed by atoms with Crippen LogP contribution in [0.1, 0.15) is 38.0 Å². The van der Waals surface area contributed by atoms with Gasteiger partial charge in [0.05, 0.1) is 6.10 Å². The fourth-order valence-electron chi connectivity index (χ4n) is 1.38. The lowest BCUT2D eigenvalue weighted by atomic mass is 9.83. The van der Waals surface area contributed by atoms with Gasteiger partial charge in [0.15, 0.2) is 0 Å². The maximum absolute atomic E-state index is 10.1. The van der Waals surface area contributed by atoms with Crippen molar-refractivity contribution < 1.29 is 5.11 Å². The van der Waals surface area contributed by atoms with Gasteiger partial charge in [-0.25, -0.2) is 4.98 Å². The van der Waals surface area contributed by atoms with Crippen LogP contribution in [0.5, 0.6) is 0 Å². The van der Waals surface area contributed by atoms with Crippen LogP contribution in [0, 0.1) is 12.3 Å². The van der Waals surface area contributed by atoms with Crippen molar-refractivity contribution in [3.8, 4) is 0 Å². The molecule has 1 unspecified atom stereocenters. The highest BCUT2D eigenvalue weighted by Gasteiger charge is 2.27. The number of nitrogens with zero attached hydrogens (tertiary/aromatic N) is 1. The first-order valence-corrected chi connectivity index (χ1v) is 4.73. The van der Waals surface area contributed by atoms with E-state index in [1.54, 1.807) is 6.20 Å². The number of aliphatic hydroxyl groups excluding tert-OH is 1. The van der Waals surface area contributed by atoms with Crippen molar-refractivity contribution >= 4 is 5.82 Å². The van der Waals surface area contributed by atoms with Gasteiger partial charge in [0.1, 0.15) is 5.82 Å². The van der Waals surface area contributed by atoms with Gasteiger partial charge in [-0.3, -0.25) is 0 Å². The van der Waals surface area contributed by atoms with E-state index in [-0.39, 0.29) is 5.41 Å². The number of hydrogen-bond donors (Lipinski definition) is 2. The van der Waals surface area contributed by atoms with Gasteiger partial charge in [0.25, 0.3) is 0 Å². The third-order valence-corrected chi connectivity index (χ3v) is 2.33. The van der Waals surface area contributed by atoms with Gasteiger partial charge < -0.3 is 10.8 Å². The molecule has 0 aliphatic carbocycles. The molecule has 0 bridgehead atoms. The third kappa shape index (κ3) is 2.04. The first-order valence-electron chi connectivity index (χ1n) is 4.73. The molecule has 1 aromatic heterocycles. The summed E-state index contributed by atoms with van der Waals surface area (Å²) in [4.78, 5) is 3.99. The molecule has 1 aromatic rings. The Morgan fingerprint density at radius 3 is 2.43 bits per heavy atom. The summed E-state index contributed by atoms with van der Waals surface area (Å²) in [6.07, 6.45) is 1.08. The number of nitrogens with two attached hydrogens (primary N) is 1. The second-order valence-corrected chi connectivity index (χ2v) is 4.70. The standard InChI is InChI=1S/C11H18N2O/c1-7-5-6-13-10(12)8(7)9(14)11(2,3)4/h5-6,9,14H,1-4H3,(H2,12,13). The summed E-state index contributed by atoms with van der Waals surface area (Å²) >= 11 is 0. The van der Waals surface area contributed by atoms with E-state index in [0.29, 0.717) is 5.82 Å². The monoisotopic (exact) mass is 194 g/mol. The zero-order valence-corrected chi connectivity index (χ0v) is 9.20. The minimum Gasteiger partial charge on any atom is -0.388 e. The normalized spacial score (nSPS) is 14.1. The lowest BCUT2D eigenvalue weighted by molar-refractivity contribution is 0.0625. The fourth-order valence-corrected chi connectivity index (χ4v) is 1.38. The summed E-state index contributed by atoms with van der Waals surface area (Å²) < 4.78 is 0. The highest BCUT2D eigenvalue weighted by Crippen LogP contribution is 2.36. The minimum atomic E-state index is -0.573. The number of aliphatic hydroxyl groups is 1. The van der Waals surface area contributed by atoms with Crippen molar-refractivity contribution in [2.24, 2.45) is 5.41 Å². The number of nitrogen functional groups attached to an aromatic ring is 1. The molecule has 1 heterocycles. The average molecular weight is 194 g/mol. The van der Waals surface area contributed by atoms with E-state index in [0.717, 1.165) is 11.1 Å². The van der Waals surface area contributed by atoms with Crippen molar-refractivity contribution in [3.63, 3.8) is 0 Å². The van der Waals surface area contributed by atoms with Crippen LogP contribution < -0.4 is 5.73 Å². The molecule has 3 N–H and O–H groups in total. The third-order valence-electron chi connectivity index (χ3n) is 2.33. The average Bonchev–Trinajstić information content (AvgIpc) is 2.01. The lowest BCUT2D eigenvalue weighted by Gasteiger charge is -2.27. The highest BCUT2D eigenvalue weighted by atomic mass is 16.3. The summed E-state index contributed by atoms with van der Waals surface area (Å²) in [6, 6.07) is 1.86. The maximum atomic E-state index is 10.1. The molecule has 14 heavy (non-hydrogen) atoms. The number of pyridine rings is 1. The highest BCUT2D eigenvalue weighted by molar-refractivity contribution is 5.45. The molecule has 0 fully saturated rings. The molecule has 0 radical (unpaired) electrons. The predicted molar refractivity (Wildman–Crippen MR) is 57.8 cm³/mol. The van der Waals surface area contributed by atoms with Gasteiger partial charge >= 0.3 is 0 Å². The number of anilines is 1. The molecule has 3 nitrogen and oxygen atoms in total. The van der Waals surface area contributed by atoms with E-state index < -0.39 is 6.10 Å².